The number of nitrogens with two attached hydrogens (primary N) is 1. The van der Waals surface area contributed by atoms with E-state index in [1.807, 2.05) is 0 Å². The zero-order valence-corrected chi connectivity index (χ0v) is 16.9. The molecule has 0 unspecified atom stereocenters. The minimum absolute atomic E-state index is 0.138. The lowest BCUT2D eigenvalue weighted by atomic mass is 9.66. The van der Waals surface area contributed by atoms with Gasteiger partial charge in [0.05, 0.1) is 5.56 Å². The van der Waals surface area contributed by atoms with Crippen LogP contribution < -0.4 is 11.1 Å². The highest BCUT2D eigenvalue weighted by Gasteiger charge is 2.47. The predicted molar refractivity (Wildman–Crippen MR) is 108 cm³/mol. The summed E-state index contributed by atoms with van der Waals surface area (Å²) in [5.41, 5.74) is 5.05. The molecule has 0 saturated heterocycles. The molecule has 0 aliphatic heterocycles. The molecule has 6 nitrogen and oxygen atoms in total. The average molecular weight is 430 g/mol. The topological polar surface area (TPSA) is 116 Å². The molecule has 6 N–H and O–H groups in total. The van der Waals surface area contributed by atoms with Gasteiger partial charge in [-0.15, -0.1) is 0 Å². The van der Waals surface area contributed by atoms with Crippen molar-refractivity contribution in [2.75, 3.05) is 6.54 Å². The summed E-state index contributed by atoms with van der Waals surface area (Å²) >= 11 is 0. The van der Waals surface area contributed by atoms with Gasteiger partial charge >= 0.3 is 19.3 Å². The Bertz CT molecular complexity index is 682. The van der Waals surface area contributed by atoms with Gasteiger partial charge in [-0.25, -0.2) is 0 Å². The third kappa shape index (κ3) is 6.97. The van der Waals surface area contributed by atoms with Gasteiger partial charge in [0.1, 0.15) is 5.54 Å². The number of carbonyl (C=O) groups is 1. The second kappa shape index (κ2) is 10.6. The Hall–Kier alpha value is -1.62. The second-order valence-electron chi connectivity index (χ2n) is 8.19. The predicted octanol–water partition coefficient (Wildman–Crippen LogP) is 2.43. The first kappa shape index (κ1) is 24.7. The van der Waals surface area contributed by atoms with Crippen molar-refractivity contribution >= 4 is 13.1 Å². The lowest BCUT2D eigenvalue weighted by Crippen LogP contribution is -2.61. The number of unbranched alkanes of at least 4 members (excludes halogenated alkanes) is 1. The minimum atomic E-state index is -4.32. The van der Waals surface area contributed by atoms with Crippen LogP contribution in [0.2, 0.25) is 6.32 Å². The van der Waals surface area contributed by atoms with Crippen LogP contribution in [0.5, 0.6) is 0 Å². The van der Waals surface area contributed by atoms with Crippen LogP contribution in [0.25, 0.3) is 0 Å². The molecule has 30 heavy (non-hydrogen) atoms. The summed E-state index contributed by atoms with van der Waals surface area (Å²) in [4.78, 5) is 11.7. The molecule has 1 aliphatic rings. The van der Waals surface area contributed by atoms with Crippen LogP contribution in [-0.4, -0.2) is 46.4 Å². The second-order valence-corrected chi connectivity index (χ2v) is 8.19. The van der Waals surface area contributed by atoms with Gasteiger partial charge in [0.2, 0.25) is 0 Å². The smallest absolute Gasteiger partial charge is 0.451 e. The summed E-state index contributed by atoms with van der Waals surface area (Å²) in [7, 11) is -1.39. The highest BCUT2D eigenvalue weighted by Crippen LogP contribution is 2.38. The van der Waals surface area contributed by atoms with E-state index < -0.39 is 30.4 Å². The number of alkyl halides is 3. The van der Waals surface area contributed by atoms with Gasteiger partial charge in [0.15, 0.2) is 0 Å². The Kier molecular flexibility index (Phi) is 8.72. The van der Waals surface area contributed by atoms with E-state index in [1.165, 1.54) is 12.1 Å². The number of rotatable bonds is 12. The number of aliphatic carboxylic acids is 1. The molecule has 0 aromatic heterocycles. The molecule has 1 fully saturated rings. The van der Waals surface area contributed by atoms with Crippen molar-refractivity contribution in [2.24, 2.45) is 11.7 Å². The number of carboxylic acids is 1. The molecule has 0 spiro atoms. The van der Waals surface area contributed by atoms with E-state index in [0.717, 1.165) is 24.1 Å². The Morgan fingerprint density at radius 2 is 1.77 bits per heavy atom. The normalized spacial score (nSPS) is 21.0. The largest absolute Gasteiger partial charge is 0.480 e. The van der Waals surface area contributed by atoms with Crippen molar-refractivity contribution in [3.05, 3.63) is 35.4 Å². The fourth-order valence-corrected chi connectivity index (χ4v) is 3.89. The van der Waals surface area contributed by atoms with Crippen LogP contribution in [-0.2, 0) is 17.4 Å². The SMILES string of the molecule is N[C@](CCCCB(O)O)(C(=O)O)[C@H]1C[C@H](NCCCc2ccc(C(F)(F)F)cc2)C1. The van der Waals surface area contributed by atoms with Crippen molar-refractivity contribution in [3.63, 3.8) is 0 Å². The lowest BCUT2D eigenvalue weighted by Gasteiger charge is -2.45. The maximum Gasteiger partial charge on any atom is 0.451 e. The molecule has 1 saturated carbocycles. The van der Waals surface area contributed by atoms with E-state index in [9.17, 15) is 23.1 Å². The molecule has 168 valence electrons. The summed E-state index contributed by atoms with van der Waals surface area (Å²) in [5, 5.41) is 30.6. The van der Waals surface area contributed by atoms with Crippen LogP contribution in [0.3, 0.4) is 0 Å². The molecule has 1 atom stereocenters. The summed E-state index contributed by atoms with van der Waals surface area (Å²) in [5.74, 6) is -1.17. The van der Waals surface area contributed by atoms with Gasteiger partial charge in [-0.3, -0.25) is 4.79 Å². The van der Waals surface area contributed by atoms with Crippen molar-refractivity contribution in [1.82, 2.24) is 5.32 Å². The van der Waals surface area contributed by atoms with Gasteiger partial charge in [-0.2, -0.15) is 13.2 Å². The Labute approximate surface area is 174 Å². The molecule has 10 heteroatoms. The summed E-state index contributed by atoms with van der Waals surface area (Å²) in [6.45, 7) is 0.692. The highest BCUT2D eigenvalue weighted by atomic mass is 19.4. The molecule has 0 radical (unpaired) electrons. The average Bonchev–Trinajstić information content (AvgIpc) is 2.62. The summed E-state index contributed by atoms with van der Waals surface area (Å²) in [6, 6.07) is 5.35. The molecule has 0 amide bonds. The number of benzene rings is 1. The monoisotopic (exact) mass is 430 g/mol. The van der Waals surface area contributed by atoms with Crippen LogP contribution in [0.1, 0.15) is 49.7 Å². The van der Waals surface area contributed by atoms with Crippen molar-refractivity contribution in [2.45, 2.75) is 69.0 Å². The van der Waals surface area contributed by atoms with Gasteiger partial charge < -0.3 is 26.2 Å². The van der Waals surface area contributed by atoms with Crippen molar-refractivity contribution < 1.29 is 33.1 Å². The van der Waals surface area contributed by atoms with Gasteiger partial charge in [0.25, 0.3) is 0 Å². The zero-order chi connectivity index (χ0) is 22.4. The van der Waals surface area contributed by atoms with Crippen LogP contribution in [0.4, 0.5) is 13.2 Å². The van der Waals surface area contributed by atoms with E-state index in [0.29, 0.717) is 45.1 Å². The first-order chi connectivity index (χ1) is 14.0. The number of hydrogen-bond donors (Lipinski definition) is 5. The Balaban J connectivity index is 1.67. The number of carboxylic acid groups (broad SMARTS) is 1. The Morgan fingerprint density at radius 1 is 1.13 bits per heavy atom. The molecule has 1 aliphatic carbocycles. The third-order valence-corrected chi connectivity index (χ3v) is 5.92. The molecule has 2 rings (SSSR count). The molecule has 1 aromatic rings. The maximum atomic E-state index is 12.6. The first-order valence-corrected chi connectivity index (χ1v) is 10.3. The molecule has 0 bridgehead atoms. The molecule has 1 aromatic carbocycles. The van der Waals surface area contributed by atoms with E-state index in [1.54, 1.807) is 0 Å². The van der Waals surface area contributed by atoms with Gasteiger partial charge in [0, 0.05) is 6.04 Å². The van der Waals surface area contributed by atoms with E-state index in [4.69, 9.17) is 15.8 Å². The van der Waals surface area contributed by atoms with Gasteiger partial charge in [-0.05, 0) is 68.6 Å². The highest BCUT2D eigenvalue weighted by molar-refractivity contribution is 6.40. The number of aryl methyl sites for hydroxylation is 1. The molecular formula is C20H30BF3N2O4. The molecule has 0 heterocycles. The molecular weight excluding hydrogens is 400 g/mol. The quantitative estimate of drug-likeness (QED) is 0.257. The number of nitrogens with one attached hydrogen (secondary N) is 1. The summed E-state index contributed by atoms with van der Waals surface area (Å²) < 4.78 is 37.7. The number of halogens is 3. The van der Waals surface area contributed by atoms with E-state index in [-0.39, 0.29) is 18.3 Å². The van der Waals surface area contributed by atoms with E-state index in [2.05, 4.69) is 5.32 Å². The minimum Gasteiger partial charge on any atom is -0.480 e. The van der Waals surface area contributed by atoms with Gasteiger partial charge in [-0.1, -0.05) is 25.0 Å². The lowest BCUT2D eigenvalue weighted by molar-refractivity contribution is -0.148. The first-order valence-electron chi connectivity index (χ1n) is 10.3. The third-order valence-electron chi connectivity index (χ3n) is 5.92. The van der Waals surface area contributed by atoms with Crippen LogP contribution in [0, 0.1) is 5.92 Å². The number of hydrogen-bond acceptors (Lipinski definition) is 5. The fraction of sp³-hybridized carbons (Fsp3) is 0.650. The maximum absolute atomic E-state index is 12.6. The Morgan fingerprint density at radius 3 is 2.30 bits per heavy atom. The zero-order valence-electron chi connectivity index (χ0n) is 16.9. The standard InChI is InChI=1S/C20H30BF3N2O4/c22-20(23,24)15-7-5-14(6-8-15)4-3-11-26-17-12-16(13-17)19(25,18(27)28)9-1-2-10-21(29)30/h5-8,16-17,26,29-30H,1-4,9-13,25H2,(H,27,28)/t16-,17-,19-/m0/s1. The van der Waals surface area contributed by atoms with Crippen molar-refractivity contribution in [1.29, 1.82) is 0 Å². The summed E-state index contributed by atoms with van der Waals surface area (Å²) in [6.07, 6.45) is -0.0720. The van der Waals surface area contributed by atoms with Crippen molar-refractivity contribution in [3.8, 4) is 0 Å². The van der Waals surface area contributed by atoms with Crippen LogP contribution in [0.15, 0.2) is 24.3 Å². The fourth-order valence-electron chi connectivity index (χ4n) is 3.89. The van der Waals surface area contributed by atoms with Crippen LogP contribution >= 0.6 is 0 Å². The van der Waals surface area contributed by atoms with E-state index >= 15 is 0 Å².